The Bertz CT molecular complexity index is 884. The maximum Gasteiger partial charge on any atom is 0.311 e. The third-order valence-corrected chi connectivity index (χ3v) is 3.74. The summed E-state index contributed by atoms with van der Waals surface area (Å²) in [5.74, 6) is -0.687. The van der Waals surface area contributed by atoms with Gasteiger partial charge in [-0.25, -0.2) is 0 Å². The Morgan fingerprint density at radius 3 is 2.52 bits per heavy atom. The van der Waals surface area contributed by atoms with Gasteiger partial charge in [-0.05, 0) is 30.3 Å². The van der Waals surface area contributed by atoms with Crippen LogP contribution in [0.25, 0.3) is 10.9 Å². The number of carbonyl (C=O) groups is 2. The molecule has 6 heteroatoms. The Morgan fingerprint density at radius 2 is 1.83 bits per heavy atom. The lowest BCUT2D eigenvalue weighted by Gasteiger charge is -2.02. The SMILES string of the molecule is COC(=O)Cc1nn(C(=O)c2ccc(Cl)cc2)c2ccccc12. The van der Waals surface area contributed by atoms with Crippen molar-refractivity contribution in [3.05, 3.63) is 64.8 Å². The van der Waals surface area contributed by atoms with E-state index in [1.807, 2.05) is 18.2 Å². The average molecular weight is 329 g/mol. The molecule has 0 aliphatic carbocycles. The molecule has 2 aromatic carbocycles. The average Bonchev–Trinajstić information content (AvgIpc) is 2.93. The quantitative estimate of drug-likeness (QED) is 0.693. The third-order valence-electron chi connectivity index (χ3n) is 3.49. The molecule has 0 spiro atoms. The smallest absolute Gasteiger partial charge is 0.311 e. The molecule has 0 aliphatic heterocycles. The first-order chi connectivity index (χ1) is 11.1. The van der Waals surface area contributed by atoms with Crippen molar-refractivity contribution in [1.29, 1.82) is 0 Å². The van der Waals surface area contributed by atoms with Crippen LogP contribution < -0.4 is 0 Å². The van der Waals surface area contributed by atoms with Crippen LogP contribution in [0.4, 0.5) is 0 Å². The molecule has 116 valence electrons. The van der Waals surface area contributed by atoms with Gasteiger partial charge in [-0.3, -0.25) is 9.59 Å². The normalized spacial score (nSPS) is 10.7. The number of hydrogen-bond donors (Lipinski definition) is 0. The number of esters is 1. The van der Waals surface area contributed by atoms with Crippen molar-refractivity contribution in [2.45, 2.75) is 6.42 Å². The van der Waals surface area contributed by atoms with Crippen molar-refractivity contribution in [2.75, 3.05) is 7.11 Å². The number of rotatable bonds is 3. The molecule has 0 aliphatic rings. The zero-order valence-electron chi connectivity index (χ0n) is 12.3. The highest BCUT2D eigenvalue weighted by molar-refractivity contribution is 6.30. The first-order valence-electron chi connectivity index (χ1n) is 6.94. The minimum atomic E-state index is -0.403. The fourth-order valence-electron chi connectivity index (χ4n) is 2.34. The molecule has 1 heterocycles. The van der Waals surface area contributed by atoms with Crippen LogP contribution in [0.3, 0.4) is 0 Å². The third kappa shape index (κ3) is 2.96. The lowest BCUT2D eigenvalue weighted by molar-refractivity contribution is -0.139. The Balaban J connectivity index is 2.08. The molecule has 3 aromatic rings. The summed E-state index contributed by atoms with van der Waals surface area (Å²) in [7, 11) is 1.32. The molecule has 0 saturated carbocycles. The molecule has 0 radical (unpaired) electrons. The number of benzene rings is 2. The van der Waals surface area contributed by atoms with E-state index in [0.29, 0.717) is 21.8 Å². The van der Waals surface area contributed by atoms with Crippen LogP contribution in [-0.4, -0.2) is 28.8 Å². The molecule has 5 nitrogen and oxygen atoms in total. The van der Waals surface area contributed by atoms with Crippen molar-refractivity contribution in [2.24, 2.45) is 0 Å². The van der Waals surface area contributed by atoms with Gasteiger partial charge in [0, 0.05) is 16.0 Å². The highest BCUT2D eigenvalue weighted by Gasteiger charge is 2.18. The number of methoxy groups -OCH3 is 1. The second kappa shape index (κ2) is 6.22. The summed E-state index contributed by atoms with van der Waals surface area (Å²) < 4.78 is 5.99. The second-order valence-corrected chi connectivity index (χ2v) is 5.38. The lowest BCUT2D eigenvalue weighted by Crippen LogP contribution is -2.14. The van der Waals surface area contributed by atoms with Gasteiger partial charge in [0.25, 0.3) is 5.91 Å². The van der Waals surface area contributed by atoms with E-state index in [1.165, 1.54) is 11.8 Å². The van der Waals surface area contributed by atoms with Gasteiger partial charge in [0.05, 0.1) is 24.7 Å². The monoisotopic (exact) mass is 328 g/mol. The maximum absolute atomic E-state index is 12.7. The summed E-state index contributed by atoms with van der Waals surface area (Å²) in [4.78, 5) is 24.2. The molecule has 0 fully saturated rings. The van der Waals surface area contributed by atoms with E-state index in [4.69, 9.17) is 11.6 Å². The summed E-state index contributed by atoms with van der Waals surface area (Å²) >= 11 is 5.85. The van der Waals surface area contributed by atoms with Crippen LogP contribution in [0.2, 0.25) is 5.02 Å². The van der Waals surface area contributed by atoms with Crippen molar-refractivity contribution in [1.82, 2.24) is 9.78 Å². The minimum Gasteiger partial charge on any atom is -0.469 e. The Labute approximate surface area is 137 Å². The van der Waals surface area contributed by atoms with Crippen LogP contribution in [0, 0.1) is 0 Å². The molecular weight excluding hydrogens is 316 g/mol. The molecular formula is C17H13ClN2O3. The first kappa shape index (κ1) is 15.2. The number of hydrogen-bond acceptors (Lipinski definition) is 4. The van der Waals surface area contributed by atoms with Gasteiger partial charge in [0.2, 0.25) is 0 Å². The minimum absolute atomic E-state index is 0.0118. The van der Waals surface area contributed by atoms with E-state index in [-0.39, 0.29) is 12.3 Å². The van der Waals surface area contributed by atoms with Gasteiger partial charge in [0.15, 0.2) is 0 Å². The Kier molecular flexibility index (Phi) is 4.12. The van der Waals surface area contributed by atoms with Gasteiger partial charge in [0.1, 0.15) is 0 Å². The molecule has 0 saturated heterocycles. The van der Waals surface area contributed by atoms with Gasteiger partial charge in [-0.2, -0.15) is 9.78 Å². The summed E-state index contributed by atoms with van der Waals surface area (Å²) in [5, 5.41) is 5.61. The second-order valence-electron chi connectivity index (χ2n) is 4.94. The predicted octanol–water partition coefficient (Wildman–Crippen LogP) is 3.09. The number of carbonyl (C=O) groups excluding carboxylic acids is 2. The van der Waals surface area contributed by atoms with Crippen LogP contribution in [0.1, 0.15) is 16.1 Å². The van der Waals surface area contributed by atoms with Gasteiger partial charge < -0.3 is 4.74 Å². The number of ether oxygens (including phenoxy) is 1. The van der Waals surface area contributed by atoms with E-state index < -0.39 is 5.97 Å². The summed E-state index contributed by atoms with van der Waals surface area (Å²) in [6, 6.07) is 13.8. The highest BCUT2D eigenvalue weighted by atomic mass is 35.5. The summed E-state index contributed by atoms with van der Waals surface area (Å²) in [6.07, 6.45) is 0.0118. The van der Waals surface area contributed by atoms with Crippen LogP contribution in [0.15, 0.2) is 48.5 Å². The van der Waals surface area contributed by atoms with E-state index in [9.17, 15) is 9.59 Å². The lowest BCUT2D eigenvalue weighted by atomic mass is 10.1. The fraction of sp³-hybridized carbons (Fsp3) is 0.118. The zero-order chi connectivity index (χ0) is 16.4. The van der Waals surface area contributed by atoms with Crippen molar-refractivity contribution >= 4 is 34.4 Å². The van der Waals surface area contributed by atoms with E-state index in [1.54, 1.807) is 30.3 Å². The number of fused-ring (bicyclic) bond motifs is 1. The van der Waals surface area contributed by atoms with E-state index in [2.05, 4.69) is 9.84 Å². The van der Waals surface area contributed by atoms with Crippen molar-refractivity contribution in [3.63, 3.8) is 0 Å². The highest BCUT2D eigenvalue weighted by Crippen LogP contribution is 2.21. The van der Waals surface area contributed by atoms with Gasteiger partial charge >= 0.3 is 5.97 Å². The van der Waals surface area contributed by atoms with Gasteiger partial charge in [-0.1, -0.05) is 29.8 Å². The first-order valence-corrected chi connectivity index (χ1v) is 7.31. The molecule has 0 unspecified atom stereocenters. The van der Waals surface area contributed by atoms with Gasteiger partial charge in [-0.15, -0.1) is 0 Å². The molecule has 23 heavy (non-hydrogen) atoms. The fourth-order valence-corrected chi connectivity index (χ4v) is 2.47. The van der Waals surface area contributed by atoms with Crippen molar-refractivity contribution < 1.29 is 14.3 Å². The molecule has 3 rings (SSSR count). The van der Waals surface area contributed by atoms with E-state index >= 15 is 0 Å². The topological polar surface area (TPSA) is 61.2 Å². The van der Waals surface area contributed by atoms with Crippen LogP contribution in [0.5, 0.6) is 0 Å². The number of halogens is 1. The standard InChI is InChI=1S/C17H13ClN2O3/c1-23-16(21)10-14-13-4-2-3-5-15(13)20(19-14)17(22)11-6-8-12(18)9-7-11/h2-9H,10H2,1H3. The Hall–Kier alpha value is -2.66. The Morgan fingerprint density at radius 1 is 1.13 bits per heavy atom. The number of aromatic nitrogens is 2. The molecule has 0 amide bonds. The van der Waals surface area contributed by atoms with Crippen molar-refractivity contribution in [3.8, 4) is 0 Å². The number of para-hydroxylation sites is 1. The van der Waals surface area contributed by atoms with Crippen LogP contribution >= 0.6 is 11.6 Å². The molecule has 1 aromatic heterocycles. The predicted molar refractivity (Wildman–Crippen MR) is 86.6 cm³/mol. The molecule has 0 bridgehead atoms. The van der Waals surface area contributed by atoms with E-state index in [0.717, 1.165) is 5.39 Å². The van der Waals surface area contributed by atoms with Crippen LogP contribution in [-0.2, 0) is 16.0 Å². The number of nitrogens with zero attached hydrogens (tertiary/aromatic N) is 2. The zero-order valence-corrected chi connectivity index (χ0v) is 13.1. The molecule has 0 atom stereocenters. The maximum atomic E-state index is 12.7. The summed E-state index contributed by atoms with van der Waals surface area (Å²) in [6.45, 7) is 0. The largest absolute Gasteiger partial charge is 0.469 e. The molecule has 0 N–H and O–H groups in total. The summed E-state index contributed by atoms with van der Waals surface area (Å²) in [5.41, 5.74) is 1.62.